The van der Waals surface area contributed by atoms with Gasteiger partial charge in [0.2, 0.25) is 0 Å². The maximum Gasteiger partial charge on any atom is -0.0133 e. The van der Waals surface area contributed by atoms with Gasteiger partial charge in [-0.1, -0.05) is 195 Å². The van der Waals surface area contributed by atoms with E-state index in [2.05, 4.69) is 101 Å². The van der Waals surface area contributed by atoms with Crippen molar-refractivity contribution in [3.8, 4) is 0 Å². The number of rotatable bonds is 4. The van der Waals surface area contributed by atoms with E-state index >= 15 is 0 Å². The van der Waals surface area contributed by atoms with Crippen LogP contribution in [0.3, 0.4) is 0 Å². The van der Waals surface area contributed by atoms with Crippen molar-refractivity contribution in [3.05, 3.63) is 72.9 Å². The fourth-order valence-electron chi connectivity index (χ4n) is 4.47. The average molecular weight is 529 g/mol. The summed E-state index contributed by atoms with van der Waals surface area (Å²) in [5.41, 5.74) is 0. The summed E-state index contributed by atoms with van der Waals surface area (Å²) in [5.74, 6) is 3.82. The number of fused-ring (bicyclic) bond motifs is 5. The van der Waals surface area contributed by atoms with Crippen LogP contribution in [0.4, 0.5) is 0 Å². The van der Waals surface area contributed by atoms with Crippen LogP contribution in [0.1, 0.15) is 147 Å². The lowest BCUT2D eigenvalue weighted by Gasteiger charge is -2.18. The van der Waals surface area contributed by atoms with E-state index in [1.165, 1.54) is 51.4 Å². The van der Waals surface area contributed by atoms with Crippen LogP contribution in [0.5, 0.6) is 0 Å². The molecular weight excluding hydrogens is 456 g/mol. The number of allylic oxidation sites excluding steroid dienone is 12. The third kappa shape index (κ3) is 24.8. The highest BCUT2D eigenvalue weighted by Crippen LogP contribution is 2.52. The number of hydrogen-bond donors (Lipinski definition) is 0. The minimum atomic E-state index is 0.925. The normalized spacial score (nSPS) is 21.8. The van der Waals surface area contributed by atoms with Crippen molar-refractivity contribution < 1.29 is 0 Å². The largest absolute Gasteiger partial charge is 0.0879 e. The molecule has 0 aromatic rings. The van der Waals surface area contributed by atoms with E-state index in [-0.39, 0.29) is 0 Å². The van der Waals surface area contributed by atoms with Crippen molar-refractivity contribution in [2.75, 3.05) is 0 Å². The van der Waals surface area contributed by atoms with Crippen LogP contribution in [-0.2, 0) is 0 Å². The molecule has 1 fully saturated rings. The molecule has 1 saturated carbocycles. The van der Waals surface area contributed by atoms with Gasteiger partial charge in [-0.05, 0) is 49.4 Å². The van der Waals surface area contributed by atoms with E-state index in [4.69, 9.17) is 0 Å². The molecule has 0 saturated heterocycles. The van der Waals surface area contributed by atoms with Gasteiger partial charge in [-0.25, -0.2) is 0 Å². The minimum Gasteiger partial charge on any atom is -0.0879 e. The predicted octanol–water partition coefficient (Wildman–Crippen LogP) is 13.9. The lowest BCUT2D eigenvalue weighted by Crippen LogP contribution is -2.12. The molecule has 224 valence electrons. The Morgan fingerprint density at radius 3 is 1.11 bits per heavy atom. The summed E-state index contributed by atoms with van der Waals surface area (Å²) < 4.78 is 0. The zero-order chi connectivity index (χ0) is 29.9. The van der Waals surface area contributed by atoms with Gasteiger partial charge in [0.05, 0.1) is 0 Å². The summed E-state index contributed by atoms with van der Waals surface area (Å²) in [4.78, 5) is 0. The molecule has 0 aromatic carbocycles. The highest BCUT2D eigenvalue weighted by atomic mass is 14.5. The summed E-state index contributed by atoms with van der Waals surface area (Å²) >= 11 is 0. The Morgan fingerprint density at radius 1 is 0.474 bits per heavy atom. The van der Waals surface area contributed by atoms with Gasteiger partial charge in [-0.2, -0.15) is 0 Å². The summed E-state index contributed by atoms with van der Waals surface area (Å²) in [6.45, 7) is 24.8. The van der Waals surface area contributed by atoms with Gasteiger partial charge >= 0.3 is 0 Å². The van der Waals surface area contributed by atoms with Crippen LogP contribution in [0.15, 0.2) is 72.9 Å². The van der Waals surface area contributed by atoms with Crippen molar-refractivity contribution in [2.24, 2.45) is 23.7 Å². The number of hydrogen-bond acceptors (Lipinski definition) is 0. The minimum absolute atomic E-state index is 0.925. The topological polar surface area (TPSA) is 0 Å². The smallest absolute Gasteiger partial charge is 0.0133 e. The molecule has 0 amide bonds. The molecule has 0 N–H and O–H groups in total. The summed E-state index contributed by atoms with van der Waals surface area (Å²) in [7, 11) is 0. The first kappa shape index (κ1) is 43.5. The van der Waals surface area contributed by atoms with E-state index in [0.717, 1.165) is 36.5 Å². The molecule has 4 unspecified atom stereocenters. The van der Waals surface area contributed by atoms with E-state index in [0.29, 0.717) is 0 Å². The molecule has 2 bridgehead atoms. The Labute approximate surface area is 243 Å². The molecule has 0 heteroatoms. The van der Waals surface area contributed by atoms with Crippen molar-refractivity contribution in [1.82, 2.24) is 0 Å². The number of unbranched alkanes of at least 4 members (excludes halogenated alkanes) is 4. The van der Waals surface area contributed by atoms with Gasteiger partial charge in [0.15, 0.2) is 0 Å². The zero-order valence-corrected chi connectivity index (χ0v) is 28.3. The molecule has 0 aliphatic heterocycles. The lowest BCUT2D eigenvalue weighted by molar-refractivity contribution is 0.398. The van der Waals surface area contributed by atoms with Crippen LogP contribution < -0.4 is 0 Å². The van der Waals surface area contributed by atoms with Gasteiger partial charge < -0.3 is 0 Å². The van der Waals surface area contributed by atoms with E-state index in [9.17, 15) is 0 Å². The molecule has 0 radical (unpaired) electrons. The molecule has 0 spiro atoms. The first-order valence-electron chi connectivity index (χ1n) is 16.8. The third-order valence-electron chi connectivity index (χ3n) is 6.18. The van der Waals surface area contributed by atoms with Gasteiger partial charge in [-0.3, -0.25) is 0 Å². The Morgan fingerprint density at radius 2 is 0.842 bits per heavy atom. The molecule has 0 nitrogen and oxygen atoms in total. The van der Waals surface area contributed by atoms with Crippen LogP contribution in [0, 0.1) is 23.7 Å². The lowest BCUT2D eigenvalue weighted by atomic mass is 9.86. The average Bonchev–Trinajstić information content (AvgIpc) is 3.84. The Balaban J connectivity index is -0.000000184. The first-order chi connectivity index (χ1) is 18.8. The van der Waals surface area contributed by atoms with Crippen LogP contribution in [-0.4, -0.2) is 0 Å². The Bertz CT molecular complexity index is 517. The fourth-order valence-corrected chi connectivity index (χ4v) is 4.47. The quantitative estimate of drug-likeness (QED) is 0.318. The van der Waals surface area contributed by atoms with Gasteiger partial charge in [0.25, 0.3) is 0 Å². The SMILES string of the molecule is C1=CC2C3C=CC(C3)C2C1.C1=CCC=C1.C1=CCC=C1.CC.CC.CC.CC.CCCCC.CCCCC. The van der Waals surface area contributed by atoms with Crippen molar-refractivity contribution in [1.29, 1.82) is 0 Å². The van der Waals surface area contributed by atoms with Crippen LogP contribution >= 0.6 is 0 Å². The molecule has 5 aliphatic rings. The van der Waals surface area contributed by atoms with Crippen LogP contribution in [0.25, 0.3) is 0 Å². The van der Waals surface area contributed by atoms with Gasteiger partial charge in [0, 0.05) is 0 Å². The molecule has 5 rings (SSSR count). The van der Waals surface area contributed by atoms with Crippen molar-refractivity contribution >= 4 is 0 Å². The van der Waals surface area contributed by atoms with E-state index in [1.54, 1.807) is 0 Å². The second kappa shape index (κ2) is 39.9. The Hall–Kier alpha value is -1.56. The Kier molecular flexibility index (Phi) is 45.7. The monoisotopic (exact) mass is 529 g/mol. The molecule has 38 heavy (non-hydrogen) atoms. The molecule has 4 atom stereocenters. The molecule has 0 heterocycles. The third-order valence-corrected chi connectivity index (χ3v) is 6.18. The summed E-state index contributed by atoms with van der Waals surface area (Å²) in [6, 6.07) is 0. The maximum absolute atomic E-state index is 2.44. The van der Waals surface area contributed by atoms with Gasteiger partial charge in [0.1, 0.15) is 0 Å². The second-order valence-corrected chi connectivity index (χ2v) is 8.74. The van der Waals surface area contributed by atoms with E-state index < -0.39 is 0 Å². The first-order valence-corrected chi connectivity index (χ1v) is 16.8. The van der Waals surface area contributed by atoms with Crippen molar-refractivity contribution in [2.45, 2.75) is 147 Å². The van der Waals surface area contributed by atoms with Gasteiger partial charge in [-0.15, -0.1) is 0 Å². The highest BCUT2D eigenvalue weighted by molar-refractivity contribution is 5.21. The molecule has 0 aromatic heterocycles. The highest BCUT2D eigenvalue weighted by Gasteiger charge is 2.44. The molecule has 5 aliphatic carbocycles. The van der Waals surface area contributed by atoms with E-state index in [1.807, 2.05) is 55.4 Å². The van der Waals surface area contributed by atoms with Crippen LogP contribution in [0.2, 0.25) is 0 Å². The molecular formula is C38H72. The zero-order valence-electron chi connectivity index (χ0n) is 28.3. The second-order valence-electron chi connectivity index (χ2n) is 8.74. The standard InChI is InChI=1S/C10H12.2C5H6.2C5H12.4C2H6/c1-2-9-7-4-5-8(6-7)10(9)3-1;2*1-2-4-5-3-1;2*1-3-5-4-2;4*1-2/h1-2,4-5,7-10H,3,6H2;2*1-4H,5H2;2*3-5H2,1-2H3;4*1-2H3. The van der Waals surface area contributed by atoms with Crippen molar-refractivity contribution in [3.63, 3.8) is 0 Å². The summed E-state index contributed by atoms with van der Waals surface area (Å²) in [6.07, 6.45) is 39.7. The maximum atomic E-state index is 2.44. The predicted molar refractivity (Wildman–Crippen MR) is 183 cm³/mol. The summed E-state index contributed by atoms with van der Waals surface area (Å²) in [5, 5.41) is 0. The fraction of sp³-hybridized carbons (Fsp3) is 0.684.